The van der Waals surface area contributed by atoms with Crippen LogP contribution in [0.3, 0.4) is 0 Å². The predicted octanol–water partition coefficient (Wildman–Crippen LogP) is 2.65. The monoisotopic (exact) mass is 281 g/mol. The number of rotatable bonds is 1. The van der Waals surface area contributed by atoms with Crippen LogP contribution in [0.4, 0.5) is 14.9 Å². The van der Waals surface area contributed by atoms with Crippen molar-refractivity contribution >= 4 is 23.3 Å². The molecule has 2 N–H and O–H groups in total. The van der Waals surface area contributed by atoms with E-state index in [9.17, 15) is 9.18 Å². The van der Waals surface area contributed by atoms with Gasteiger partial charge in [-0.3, -0.25) is 0 Å². The minimum atomic E-state index is -0.627. The number of nitrogens with zero attached hydrogens (tertiary/aromatic N) is 2. The largest absolute Gasteiger partial charge is 0.428 e. The van der Waals surface area contributed by atoms with Crippen LogP contribution in [-0.2, 0) is 0 Å². The van der Waals surface area contributed by atoms with E-state index < -0.39 is 11.8 Å². The van der Waals surface area contributed by atoms with Gasteiger partial charge in [-0.05, 0) is 30.3 Å². The Balaban J connectivity index is 2.16. The summed E-state index contributed by atoms with van der Waals surface area (Å²) in [4.78, 5) is 15.3. The van der Waals surface area contributed by atoms with Crippen LogP contribution in [0, 0.1) is 5.82 Å². The lowest BCUT2D eigenvalue weighted by Crippen LogP contribution is -2.13. The number of hydrogen-bond acceptors (Lipinski definition) is 2. The van der Waals surface area contributed by atoms with Gasteiger partial charge in [-0.25, -0.2) is 9.18 Å². The average molecular weight is 282 g/mol. The second-order valence-corrected chi connectivity index (χ2v) is 3.99. The minimum absolute atomic E-state index is 0.0239. The van der Waals surface area contributed by atoms with Crippen molar-refractivity contribution in [3.8, 4) is 0 Å². The van der Waals surface area contributed by atoms with Gasteiger partial charge in [0.25, 0.3) is 0 Å². The summed E-state index contributed by atoms with van der Waals surface area (Å²) in [7, 11) is 0. The number of benzene rings is 1. The molecule has 2 aromatic rings. The first-order chi connectivity index (χ1) is 9.04. The highest BCUT2D eigenvalue weighted by Gasteiger charge is 2.00. The molecule has 0 atom stereocenters. The minimum Gasteiger partial charge on any atom is -0.428 e. The predicted molar refractivity (Wildman–Crippen MR) is 67.6 cm³/mol. The Morgan fingerprint density at radius 1 is 1.32 bits per heavy atom. The SMILES string of the molecule is O=C(/N=c1/ccn(O)c(Cl)c1)Nc1ccc(F)cc1. The van der Waals surface area contributed by atoms with Gasteiger partial charge in [0.1, 0.15) is 11.0 Å². The van der Waals surface area contributed by atoms with Crippen LogP contribution in [0.15, 0.2) is 47.6 Å². The van der Waals surface area contributed by atoms with E-state index in [4.69, 9.17) is 16.8 Å². The Kier molecular flexibility index (Phi) is 3.82. The van der Waals surface area contributed by atoms with Crippen LogP contribution >= 0.6 is 11.6 Å². The number of carbonyl (C=O) groups excluding carboxylic acids is 1. The summed E-state index contributed by atoms with van der Waals surface area (Å²) in [5, 5.41) is 11.9. The van der Waals surface area contributed by atoms with E-state index in [0.29, 0.717) is 10.4 Å². The van der Waals surface area contributed by atoms with E-state index in [-0.39, 0.29) is 10.5 Å². The highest BCUT2D eigenvalue weighted by Crippen LogP contribution is 2.08. The maximum Gasteiger partial charge on any atom is 0.345 e. The first-order valence-electron chi connectivity index (χ1n) is 5.23. The van der Waals surface area contributed by atoms with Crippen molar-refractivity contribution in [2.75, 3.05) is 5.32 Å². The number of carbonyl (C=O) groups is 1. The van der Waals surface area contributed by atoms with Gasteiger partial charge in [0, 0.05) is 18.0 Å². The summed E-state index contributed by atoms with van der Waals surface area (Å²) < 4.78 is 13.4. The zero-order chi connectivity index (χ0) is 13.8. The lowest BCUT2D eigenvalue weighted by Gasteiger charge is -2.01. The molecule has 2 rings (SSSR count). The number of urea groups is 1. The molecule has 0 spiro atoms. The van der Waals surface area contributed by atoms with Crippen LogP contribution in [0.1, 0.15) is 0 Å². The highest BCUT2D eigenvalue weighted by molar-refractivity contribution is 6.29. The van der Waals surface area contributed by atoms with E-state index >= 15 is 0 Å². The molecule has 19 heavy (non-hydrogen) atoms. The normalized spacial score (nSPS) is 11.4. The van der Waals surface area contributed by atoms with E-state index in [2.05, 4.69) is 10.3 Å². The quantitative estimate of drug-likeness (QED) is 0.623. The summed E-state index contributed by atoms with van der Waals surface area (Å²) in [6.45, 7) is 0. The van der Waals surface area contributed by atoms with Crippen LogP contribution in [0.2, 0.25) is 5.15 Å². The fourth-order valence-corrected chi connectivity index (χ4v) is 1.49. The number of nitrogens with one attached hydrogen (secondary N) is 1. The first-order valence-corrected chi connectivity index (χ1v) is 5.61. The van der Waals surface area contributed by atoms with Crippen molar-refractivity contribution in [2.24, 2.45) is 4.99 Å². The molecule has 2 amide bonds. The van der Waals surface area contributed by atoms with E-state index in [1.165, 1.54) is 42.6 Å². The van der Waals surface area contributed by atoms with E-state index in [1.54, 1.807) is 0 Å². The third kappa shape index (κ3) is 3.56. The van der Waals surface area contributed by atoms with Crippen LogP contribution in [-0.4, -0.2) is 16.0 Å². The molecule has 98 valence electrons. The molecule has 0 aliphatic rings. The van der Waals surface area contributed by atoms with Gasteiger partial charge in [0.05, 0.1) is 5.36 Å². The first kappa shape index (κ1) is 13.1. The molecule has 0 fully saturated rings. The third-order valence-electron chi connectivity index (χ3n) is 2.20. The zero-order valence-electron chi connectivity index (χ0n) is 9.55. The summed E-state index contributed by atoms with van der Waals surface area (Å²) in [6.07, 6.45) is 1.26. The molecule has 1 aromatic carbocycles. The van der Waals surface area contributed by atoms with E-state index in [1.807, 2.05) is 0 Å². The average Bonchev–Trinajstić information content (AvgIpc) is 2.37. The standard InChI is InChI=1S/C12H9ClFN3O2/c13-11-7-10(5-6-17(11)19)16-12(18)15-9-3-1-8(14)2-4-9/h1-7,19H,(H,15,18)/b16-10-. The summed E-state index contributed by atoms with van der Waals surface area (Å²) in [5.41, 5.74) is 0.425. The molecule has 0 aliphatic heterocycles. The Morgan fingerprint density at radius 3 is 2.63 bits per heavy atom. The second kappa shape index (κ2) is 5.53. The number of hydrogen-bond donors (Lipinski definition) is 2. The number of aromatic nitrogens is 1. The van der Waals surface area contributed by atoms with Crippen LogP contribution in [0.5, 0.6) is 0 Å². The molecule has 5 nitrogen and oxygen atoms in total. The van der Waals surface area contributed by atoms with E-state index in [0.717, 1.165) is 0 Å². The zero-order valence-corrected chi connectivity index (χ0v) is 10.3. The summed E-state index contributed by atoms with van der Waals surface area (Å²) in [6, 6.07) is 7.40. The second-order valence-electron chi connectivity index (χ2n) is 3.60. The number of amides is 2. The molecule has 0 radical (unpaired) electrons. The third-order valence-corrected chi connectivity index (χ3v) is 2.48. The van der Waals surface area contributed by atoms with Gasteiger partial charge >= 0.3 is 6.03 Å². The van der Waals surface area contributed by atoms with Crippen molar-refractivity contribution < 1.29 is 14.4 Å². The maximum absolute atomic E-state index is 12.7. The molecule has 0 saturated heterocycles. The molecule has 0 saturated carbocycles. The van der Waals surface area contributed by atoms with Crippen molar-refractivity contribution in [1.29, 1.82) is 0 Å². The Labute approximate surface area is 112 Å². The van der Waals surface area contributed by atoms with Crippen molar-refractivity contribution in [3.63, 3.8) is 0 Å². The lowest BCUT2D eigenvalue weighted by molar-refractivity contribution is 0.185. The van der Waals surface area contributed by atoms with Crippen molar-refractivity contribution in [2.45, 2.75) is 0 Å². The summed E-state index contributed by atoms with van der Waals surface area (Å²) in [5.74, 6) is -0.391. The van der Waals surface area contributed by atoms with Crippen molar-refractivity contribution in [1.82, 2.24) is 4.73 Å². The molecule has 1 aromatic heterocycles. The van der Waals surface area contributed by atoms with Crippen LogP contribution < -0.4 is 10.7 Å². The number of anilines is 1. The molecule has 7 heteroatoms. The van der Waals surface area contributed by atoms with Crippen molar-refractivity contribution in [3.05, 3.63) is 58.9 Å². The molecule has 0 unspecified atom stereocenters. The smallest absolute Gasteiger partial charge is 0.345 e. The van der Waals surface area contributed by atoms with Gasteiger partial charge < -0.3 is 10.5 Å². The van der Waals surface area contributed by atoms with Gasteiger partial charge in [-0.1, -0.05) is 11.6 Å². The Hall–Kier alpha value is -2.34. The van der Waals surface area contributed by atoms with Gasteiger partial charge in [0.15, 0.2) is 0 Å². The fraction of sp³-hybridized carbons (Fsp3) is 0. The summed E-state index contributed by atoms with van der Waals surface area (Å²) >= 11 is 5.65. The molecule has 0 bridgehead atoms. The highest BCUT2D eigenvalue weighted by atomic mass is 35.5. The number of pyridine rings is 1. The number of halogens is 2. The molecular weight excluding hydrogens is 273 g/mol. The lowest BCUT2D eigenvalue weighted by atomic mass is 10.3. The topological polar surface area (TPSA) is 66.6 Å². The Bertz CT molecular complexity index is 667. The fourth-order valence-electron chi connectivity index (χ4n) is 1.33. The van der Waals surface area contributed by atoms with Gasteiger partial charge in [0.2, 0.25) is 0 Å². The van der Waals surface area contributed by atoms with Gasteiger partial charge in [-0.15, -0.1) is 0 Å². The van der Waals surface area contributed by atoms with Gasteiger partial charge in [-0.2, -0.15) is 9.72 Å². The maximum atomic E-state index is 12.7. The Morgan fingerprint density at radius 2 is 2.00 bits per heavy atom. The molecule has 1 heterocycles. The molecular formula is C12H9ClFN3O2. The van der Waals surface area contributed by atoms with Crippen LogP contribution in [0.25, 0.3) is 0 Å². The molecule has 0 aliphatic carbocycles.